The molecule has 2 atom stereocenters. The molecule has 2 amide bonds. The Balaban J connectivity index is 1.90. The van der Waals surface area contributed by atoms with Crippen LogP contribution in [0.3, 0.4) is 0 Å². The van der Waals surface area contributed by atoms with E-state index >= 15 is 0 Å². The first-order chi connectivity index (χ1) is 16.5. The summed E-state index contributed by atoms with van der Waals surface area (Å²) >= 11 is 3.46. The number of rotatable bonds is 11. The molecule has 2 unspecified atom stereocenters. The number of halogens is 1. The average Bonchev–Trinajstić information content (AvgIpc) is 2.87. The SMILES string of the molecule is CCC(C)NC(=O)C(Cc1ccccc1)N(Cc1ccc(Br)cc1)C(=O)COc1ccccc1. The lowest BCUT2D eigenvalue weighted by Crippen LogP contribution is -2.53. The van der Waals surface area contributed by atoms with E-state index in [1.165, 1.54) is 0 Å². The van der Waals surface area contributed by atoms with E-state index in [0.717, 1.165) is 22.0 Å². The summed E-state index contributed by atoms with van der Waals surface area (Å²) in [5, 5.41) is 3.07. The summed E-state index contributed by atoms with van der Waals surface area (Å²) < 4.78 is 6.71. The van der Waals surface area contributed by atoms with Crippen LogP contribution in [0.2, 0.25) is 0 Å². The zero-order valence-corrected chi connectivity index (χ0v) is 21.2. The van der Waals surface area contributed by atoms with E-state index in [2.05, 4.69) is 21.2 Å². The molecular weight excluding hydrogens is 492 g/mol. The number of nitrogens with one attached hydrogen (secondary N) is 1. The topological polar surface area (TPSA) is 58.6 Å². The van der Waals surface area contributed by atoms with Gasteiger partial charge < -0.3 is 15.0 Å². The van der Waals surface area contributed by atoms with Crippen LogP contribution < -0.4 is 10.1 Å². The fourth-order valence-corrected chi connectivity index (χ4v) is 3.79. The smallest absolute Gasteiger partial charge is 0.261 e. The Hall–Kier alpha value is -3.12. The molecule has 5 nitrogen and oxygen atoms in total. The van der Waals surface area contributed by atoms with Crippen molar-refractivity contribution in [1.29, 1.82) is 0 Å². The minimum Gasteiger partial charge on any atom is -0.484 e. The van der Waals surface area contributed by atoms with Crippen LogP contribution in [0.25, 0.3) is 0 Å². The first-order valence-electron chi connectivity index (χ1n) is 11.5. The molecule has 34 heavy (non-hydrogen) atoms. The zero-order valence-electron chi connectivity index (χ0n) is 19.6. The van der Waals surface area contributed by atoms with Gasteiger partial charge in [-0.2, -0.15) is 0 Å². The molecule has 0 aliphatic carbocycles. The van der Waals surface area contributed by atoms with Crippen molar-refractivity contribution in [3.8, 4) is 5.75 Å². The molecule has 0 saturated heterocycles. The second kappa shape index (κ2) is 12.9. The molecule has 0 heterocycles. The van der Waals surface area contributed by atoms with Crippen LogP contribution in [-0.4, -0.2) is 35.4 Å². The first-order valence-corrected chi connectivity index (χ1v) is 12.3. The van der Waals surface area contributed by atoms with E-state index in [1.807, 2.05) is 98.8 Å². The Bertz CT molecular complexity index is 1040. The standard InChI is InChI=1S/C28H31BrN2O3/c1-3-21(2)30-28(33)26(18-22-10-6-4-7-11-22)31(19-23-14-16-24(29)17-15-23)27(32)20-34-25-12-8-5-9-13-25/h4-17,21,26H,3,18-20H2,1-2H3,(H,30,33). The van der Waals surface area contributed by atoms with E-state index in [-0.39, 0.29) is 24.5 Å². The Morgan fingerprint density at radius 2 is 1.53 bits per heavy atom. The zero-order chi connectivity index (χ0) is 24.3. The maximum absolute atomic E-state index is 13.5. The molecule has 3 aromatic carbocycles. The lowest BCUT2D eigenvalue weighted by molar-refractivity contribution is -0.143. The van der Waals surface area contributed by atoms with Gasteiger partial charge in [-0.05, 0) is 48.7 Å². The van der Waals surface area contributed by atoms with Crippen molar-refractivity contribution in [3.05, 3.63) is 101 Å². The van der Waals surface area contributed by atoms with Gasteiger partial charge in [-0.1, -0.05) is 83.5 Å². The van der Waals surface area contributed by atoms with E-state index in [9.17, 15) is 9.59 Å². The van der Waals surface area contributed by atoms with Gasteiger partial charge in [0.25, 0.3) is 5.91 Å². The highest BCUT2D eigenvalue weighted by Gasteiger charge is 2.31. The average molecular weight is 523 g/mol. The molecule has 0 fully saturated rings. The molecule has 0 saturated carbocycles. The van der Waals surface area contributed by atoms with Crippen molar-refractivity contribution in [2.45, 2.75) is 45.3 Å². The second-order valence-corrected chi connectivity index (χ2v) is 9.19. The van der Waals surface area contributed by atoms with Gasteiger partial charge in [0.2, 0.25) is 5.91 Å². The van der Waals surface area contributed by atoms with Gasteiger partial charge in [0.05, 0.1) is 0 Å². The number of hydrogen-bond donors (Lipinski definition) is 1. The van der Waals surface area contributed by atoms with Crippen molar-refractivity contribution in [1.82, 2.24) is 10.2 Å². The minimum absolute atomic E-state index is 0.0102. The van der Waals surface area contributed by atoms with Crippen molar-refractivity contribution in [2.75, 3.05) is 6.61 Å². The lowest BCUT2D eigenvalue weighted by atomic mass is 10.0. The Morgan fingerprint density at radius 3 is 2.15 bits per heavy atom. The molecule has 3 aromatic rings. The van der Waals surface area contributed by atoms with Crippen LogP contribution in [-0.2, 0) is 22.6 Å². The van der Waals surface area contributed by atoms with Gasteiger partial charge >= 0.3 is 0 Å². The van der Waals surface area contributed by atoms with Gasteiger partial charge in [-0.25, -0.2) is 0 Å². The molecule has 0 radical (unpaired) electrons. The molecule has 0 aromatic heterocycles. The second-order valence-electron chi connectivity index (χ2n) is 8.27. The van der Waals surface area contributed by atoms with Crippen molar-refractivity contribution < 1.29 is 14.3 Å². The molecular formula is C28H31BrN2O3. The van der Waals surface area contributed by atoms with Gasteiger partial charge in [-0.15, -0.1) is 0 Å². The summed E-state index contributed by atoms with van der Waals surface area (Å²) in [6.45, 7) is 4.14. The number of carbonyl (C=O) groups excluding carboxylic acids is 2. The van der Waals surface area contributed by atoms with E-state index in [0.29, 0.717) is 18.7 Å². The van der Waals surface area contributed by atoms with Crippen LogP contribution in [0.5, 0.6) is 5.75 Å². The maximum Gasteiger partial charge on any atom is 0.261 e. The molecule has 3 rings (SSSR count). The molecule has 0 spiro atoms. The van der Waals surface area contributed by atoms with Crippen molar-refractivity contribution in [3.63, 3.8) is 0 Å². The number of nitrogens with zero attached hydrogens (tertiary/aromatic N) is 1. The summed E-state index contributed by atoms with van der Waals surface area (Å²) in [7, 11) is 0. The summed E-state index contributed by atoms with van der Waals surface area (Å²) in [6.07, 6.45) is 1.22. The van der Waals surface area contributed by atoms with Crippen LogP contribution in [0.1, 0.15) is 31.4 Å². The third-order valence-corrected chi connectivity index (χ3v) is 6.17. The van der Waals surface area contributed by atoms with Crippen molar-refractivity contribution in [2.24, 2.45) is 0 Å². The Kier molecular flexibility index (Phi) is 9.71. The van der Waals surface area contributed by atoms with Gasteiger partial charge in [0, 0.05) is 23.5 Å². The molecule has 6 heteroatoms. The predicted octanol–water partition coefficient (Wildman–Crippen LogP) is 5.38. The van der Waals surface area contributed by atoms with Gasteiger partial charge in [0.1, 0.15) is 11.8 Å². The highest BCUT2D eigenvalue weighted by atomic mass is 79.9. The fraction of sp³-hybridized carbons (Fsp3) is 0.286. The van der Waals surface area contributed by atoms with E-state index in [1.54, 1.807) is 4.90 Å². The predicted molar refractivity (Wildman–Crippen MR) is 138 cm³/mol. The number of amides is 2. The van der Waals surface area contributed by atoms with Crippen molar-refractivity contribution >= 4 is 27.7 Å². The molecule has 0 bridgehead atoms. The van der Waals surface area contributed by atoms with Gasteiger partial charge in [-0.3, -0.25) is 9.59 Å². The largest absolute Gasteiger partial charge is 0.484 e. The number of para-hydroxylation sites is 1. The number of benzene rings is 3. The monoisotopic (exact) mass is 522 g/mol. The Labute approximate surface area is 210 Å². The summed E-state index contributed by atoms with van der Waals surface area (Å²) in [5.74, 6) is 0.207. The van der Waals surface area contributed by atoms with Crippen LogP contribution in [0.15, 0.2) is 89.4 Å². The molecule has 0 aliphatic rings. The highest BCUT2D eigenvalue weighted by molar-refractivity contribution is 9.10. The quantitative estimate of drug-likeness (QED) is 0.367. The van der Waals surface area contributed by atoms with Crippen LogP contribution in [0.4, 0.5) is 0 Å². The number of ether oxygens (including phenoxy) is 1. The molecule has 178 valence electrons. The third-order valence-electron chi connectivity index (χ3n) is 5.64. The van der Waals surface area contributed by atoms with Gasteiger partial charge in [0.15, 0.2) is 6.61 Å². The first kappa shape index (κ1) is 25.5. The maximum atomic E-state index is 13.5. The highest BCUT2D eigenvalue weighted by Crippen LogP contribution is 2.18. The summed E-state index contributed by atoms with van der Waals surface area (Å²) in [6, 6.07) is 26.1. The normalized spacial score (nSPS) is 12.4. The van der Waals surface area contributed by atoms with Crippen LogP contribution in [0, 0.1) is 0 Å². The Morgan fingerprint density at radius 1 is 0.912 bits per heavy atom. The summed E-state index contributed by atoms with van der Waals surface area (Å²) in [4.78, 5) is 28.6. The molecule has 0 aliphatic heterocycles. The fourth-order valence-electron chi connectivity index (χ4n) is 3.53. The molecule has 1 N–H and O–H groups in total. The minimum atomic E-state index is -0.674. The van der Waals surface area contributed by atoms with E-state index < -0.39 is 6.04 Å². The summed E-state index contributed by atoms with van der Waals surface area (Å²) in [5.41, 5.74) is 1.93. The third kappa shape index (κ3) is 7.73. The van der Waals surface area contributed by atoms with Crippen LogP contribution >= 0.6 is 15.9 Å². The number of carbonyl (C=O) groups is 2. The van der Waals surface area contributed by atoms with E-state index in [4.69, 9.17) is 4.74 Å². The number of hydrogen-bond acceptors (Lipinski definition) is 3. The lowest BCUT2D eigenvalue weighted by Gasteiger charge is -2.32.